The number of nitrogen functional groups attached to an aromatic ring is 1. The van der Waals surface area contributed by atoms with Gasteiger partial charge in [-0.2, -0.15) is 0 Å². The summed E-state index contributed by atoms with van der Waals surface area (Å²) in [5, 5.41) is 0.594. The van der Waals surface area contributed by atoms with Crippen LogP contribution in [0.1, 0.15) is 18.2 Å². The minimum atomic E-state index is -3.12. The number of hydrogen-bond acceptors (Lipinski definition) is 6. The summed E-state index contributed by atoms with van der Waals surface area (Å²) < 4.78 is 25.3. The molecule has 0 saturated carbocycles. The van der Waals surface area contributed by atoms with E-state index in [4.69, 9.17) is 5.73 Å². The van der Waals surface area contributed by atoms with Gasteiger partial charge >= 0.3 is 0 Å². The topological polar surface area (TPSA) is 88.3 Å². The lowest BCUT2D eigenvalue weighted by atomic mass is 9.95. The first-order valence-electron chi connectivity index (χ1n) is 6.23. The summed E-state index contributed by atoms with van der Waals surface area (Å²) in [4.78, 5) is 7.51. The van der Waals surface area contributed by atoms with Crippen molar-refractivity contribution in [3.8, 4) is 0 Å². The molecule has 0 bridgehead atoms. The fourth-order valence-electron chi connectivity index (χ4n) is 2.44. The average Bonchev–Trinajstić information content (AvgIpc) is 2.66. The number of thiazole rings is 1. The monoisotopic (exact) mass is 304 g/mol. The van der Waals surface area contributed by atoms with E-state index in [1.165, 1.54) is 17.6 Å². The summed E-state index contributed by atoms with van der Waals surface area (Å²) in [7, 11) is -3.12. The van der Waals surface area contributed by atoms with Crippen molar-refractivity contribution in [2.75, 3.05) is 25.1 Å². The van der Waals surface area contributed by atoms with E-state index >= 15 is 0 Å². The van der Waals surface area contributed by atoms with Crippen molar-refractivity contribution >= 4 is 26.5 Å². The smallest absolute Gasteiger partial charge is 0.208 e. The van der Waals surface area contributed by atoms with Gasteiger partial charge in [-0.1, -0.05) is 6.92 Å². The molecule has 0 aromatic carbocycles. The van der Waals surface area contributed by atoms with Gasteiger partial charge in [0, 0.05) is 36.8 Å². The first kappa shape index (κ1) is 14.7. The molecule has 2 heterocycles. The SMILES string of the molecule is CC1CN(Cc2cnc(N)s2)CCC1NS(C)(=O)=O. The highest BCUT2D eigenvalue weighted by molar-refractivity contribution is 7.88. The molecule has 2 unspecified atom stereocenters. The van der Waals surface area contributed by atoms with E-state index in [2.05, 4.69) is 21.5 Å². The number of nitrogens with one attached hydrogen (secondary N) is 1. The molecule has 6 nitrogen and oxygen atoms in total. The summed E-state index contributed by atoms with van der Waals surface area (Å²) in [5.74, 6) is 0.300. The Morgan fingerprint density at radius 2 is 2.37 bits per heavy atom. The number of sulfonamides is 1. The molecule has 1 aliphatic rings. The van der Waals surface area contributed by atoms with E-state index in [0.29, 0.717) is 11.0 Å². The first-order valence-corrected chi connectivity index (χ1v) is 8.94. The Bertz CT molecular complexity index is 529. The number of likely N-dealkylation sites (tertiary alicyclic amines) is 1. The highest BCUT2D eigenvalue weighted by atomic mass is 32.2. The molecule has 0 radical (unpaired) electrons. The Hall–Kier alpha value is -0.700. The maximum atomic E-state index is 11.3. The van der Waals surface area contributed by atoms with Crippen molar-refractivity contribution in [3.63, 3.8) is 0 Å². The lowest BCUT2D eigenvalue weighted by Gasteiger charge is -2.36. The van der Waals surface area contributed by atoms with E-state index in [-0.39, 0.29) is 6.04 Å². The van der Waals surface area contributed by atoms with Crippen LogP contribution in [0.15, 0.2) is 6.20 Å². The molecule has 0 amide bonds. The van der Waals surface area contributed by atoms with Crippen LogP contribution >= 0.6 is 11.3 Å². The predicted molar refractivity (Wildman–Crippen MR) is 77.4 cm³/mol. The van der Waals surface area contributed by atoms with Crippen LogP contribution in [0.25, 0.3) is 0 Å². The Morgan fingerprint density at radius 3 is 2.89 bits per heavy atom. The van der Waals surface area contributed by atoms with Gasteiger partial charge in [-0.05, 0) is 12.3 Å². The fraction of sp³-hybridized carbons (Fsp3) is 0.727. The quantitative estimate of drug-likeness (QED) is 0.845. The molecule has 1 aromatic heterocycles. The predicted octanol–water partition coefficient (Wildman–Crippen LogP) is 0.485. The van der Waals surface area contributed by atoms with Crippen LogP contribution in [0.2, 0.25) is 0 Å². The van der Waals surface area contributed by atoms with E-state index in [1.807, 2.05) is 6.20 Å². The Kier molecular flexibility index (Phi) is 4.44. The largest absolute Gasteiger partial charge is 0.375 e. The van der Waals surface area contributed by atoms with E-state index in [9.17, 15) is 8.42 Å². The molecule has 8 heteroatoms. The van der Waals surface area contributed by atoms with Crippen LogP contribution in [-0.2, 0) is 16.6 Å². The number of rotatable bonds is 4. The van der Waals surface area contributed by atoms with Crippen LogP contribution in [0, 0.1) is 5.92 Å². The van der Waals surface area contributed by atoms with Gasteiger partial charge in [0.05, 0.1) is 6.26 Å². The highest BCUT2D eigenvalue weighted by Gasteiger charge is 2.28. The van der Waals surface area contributed by atoms with Crippen molar-refractivity contribution < 1.29 is 8.42 Å². The summed E-state index contributed by atoms with van der Waals surface area (Å²) in [6.45, 7) is 4.68. The van der Waals surface area contributed by atoms with Crippen LogP contribution in [0.3, 0.4) is 0 Å². The number of anilines is 1. The number of aromatic nitrogens is 1. The van der Waals surface area contributed by atoms with Crippen LogP contribution in [0.5, 0.6) is 0 Å². The lowest BCUT2D eigenvalue weighted by molar-refractivity contribution is 0.152. The number of piperidine rings is 1. The molecule has 2 atom stereocenters. The third kappa shape index (κ3) is 4.41. The van der Waals surface area contributed by atoms with Crippen LogP contribution in [0.4, 0.5) is 5.13 Å². The number of nitrogens with zero attached hydrogens (tertiary/aromatic N) is 2. The molecule has 19 heavy (non-hydrogen) atoms. The summed E-state index contributed by atoms with van der Waals surface area (Å²) in [6.07, 6.45) is 3.86. The molecule has 3 N–H and O–H groups in total. The normalized spacial score (nSPS) is 25.6. The molecular formula is C11H20N4O2S2. The third-order valence-corrected chi connectivity index (χ3v) is 4.85. The van der Waals surface area contributed by atoms with Gasteiger partial charge < -0.3 is 5.73 Å². The molecule has 108 valence electrons. The third-order valence-electron chi connectivity index (χ3n) is 3.31. The second kappa shape index (κ2) is 5.74. The fourth-order valence-corrected chi connectivity index (χ4v) is 4.07. The molecule has 1 aromatic rings. The molecule has 1 aliphatic heterocycles. The van der Waals surface area contributed by atoms with Gasteiger partial charge in [0.15, 0.2) is 5.13 Å². The van der Waals surface area contributed by atoms with E-state index in [1.54, 1.807) is 0 Å². The van der Waals surface area contributed by atoms with E-state index in [0.717, 1.165) is 30.9 Å². The molecular weight excluding hydrogens is 284 g/mol. The second-order valence-electron chi connectivity index (χ2n) is 5.16. The van der Waals surface area contributed by atoms with Crippen LogP contribution in [-0.4, -0.2) is 43.7 Å². The number of hydrogen-bond donors (Lipinski definition) is 2. The number of nitrogens with two attached hydrogens (primary N) is 1. The van der Waals surface area contributed by atoms with Gasteiger partial charge in [-0.15, -0.1) is 11.3 Å². The molecule has 2 rings (SSSR count). The zero-order valence-electron chi connectivity index (χ0n) is 11.2. The molecule has 1 fully saturated rings. The van der Waals surface area contributed by atoms with Crippen molar-refractivity contribution in [3.05, 3.63) is 11.1 Å². The molecule has 0 spiro atoms. The average molecular weight is 304 g/mol. The van der Waals surface area contributed by atoms with Crippen molar-refractivity contribution in [2.24, 2.45) is 5.92 Å². The van der Waals surface area contributed by atoms with Gasteiger partial charge in [0.1, 0.15) is 0 Å². The second-order valence-corrected chi connectivity index (χ2v) is 8.09. The molecule has 1 saturated heterocycles. The zero-order valence-corrected chi connectivity index (χ0v) is 12.8. The summed E-state index contributed by atoms with van der Waals surface area (Å²) in [6, 6.07) is 0.0396. The Labute approximate surface area is 118 Å². The van der Waals surface area contributed by atoms with Crippen molar-refractivity contribution in [2.45, 2.75) is 25.9 Å². The van der Waals surface area contributed by atoms with Crippen LogP contribution < -0.4 is 10.5 Å². The van der Waals surface area contributed by atoms with Crippen molar-refractivity contribution in [1.82, 2.24) is 14.6 Å². The summed E-state index contributed by atoms with van der Waals surface area (Å²) in [5.41, 5.74) is 5.61. The van der Waals surface area contributed by atoms with E-state index < -0.39 is 10.0 Å². The zero-order chi connectivity index (χ0) is 14.0. The summed E-state index contributed by atoms with van der Waals surface area (Å²) >= 11 is 1.51. The van der Waals surface area contributed by atoms with Crippen molar-refractivity contribution in [1.29, 1.82) is 0 Å². The highest BCUT2D eigenvalue weighted by Crippen LogP contribution is 2.22. The minimum Gasteiger partial charge on any atom is -0.375 e. The standard InChI is InChI=1S/C11H20N4O2S2/c1-8-6-15(7-9-5-13-11(12)18-9)4-3-10(8)14-19(2,16)17/h5,8,10,14H,3-4,6-7H2,1-2H3,(H2,12,13). The van der Waals surface area contributed by atoms with Gasteiger partial charge in [-0.3, -0.25) is 4.90 Å². The van der Waals surface area contributed by atoms with Gasteiger partial charge in [-0.25, -0.2) is 18.1 Å². The maximum Gasteiger partial charge on any atom is 0.208 e. The molecule has 0 aliphatic carbocycles. The van der Waals surface area contributed by atoms with Gasteiger partial charge in [0.2, 0.25) is 10.0 Å². The lowest BCUT2D eigenvalue weighted by Crippen LogP contribution is -2.49. The van der Waals surface area contributed by atoms with Gasteiger partial charge in [0.25, 0.3) is 0 Å². The Balaban J connectivity index is 1.89. The minimum absolute atomic E-state index is 0.0396. The maximum absolute atomic E-state index is 11.3. The Morgan fingerprint density at radius 1 is 1.63 bits per heavy atom. The first-order chi connectivity index (χ1) is 8.83.